The van der Waals surface area contributed by atoms with Crippen LogP contribution in [-0.4, -0.2) is 42.2 Å². The van der Waals surface area contributed by atoms with Crippen LogP contribution in [0, 0.1) is 5.82 Å². The molecule has 0 aliphatic carbocycles. The first-order valence-electron chi connectivity index (χ1n) is 8.38. The second kappa shape index (κ2) is 8.64. The van der Waals surface area contributed by atoms with Gasteiger partial charge in [-0.25, -0.2) is 9.18 Å². The van der Waals surface area contributed by atoms with Crippen LogP contribution < -0.4 is 0 Å². The number of alkyl halides is 3. The van der Waals surface area contributed by atoms with Crippen LogP contribution in [0.5, 0.6) is 0 Å². The molecule has 0 unspecified atom stereocenters. The highest BCUT2D eigenvalue weighted by molar-refractivity contribution is 5.80. The first-order chi connectivity index (χ1) is 14.2. The first-order valence-corrected chi connectivity index (χ1v) is 8.38. The van der Waals surface area contributed by atoms with Crippen molar-refractivity contribution in [1.29, 1.82) is 0 Å². The van der Waals surface area contributed by atoms with E-state index in [9.17, 15) is 17.6 Å². The number of aliphatic carboxylic acids is 1. The summed E-state index contributed by atoms with van der Waals surface area (Å²) < 4.78 is 47.0. The number of benzene rings is 1. The lowest BCUT2D eigenvalue weighted by molar-refractivity contribution is -0.192. The van der Waals surface area contributed by atoms with Gasteiger partial charge in [0.2, 0.25) is 0 Å². The molecule has 11 heteroatoms. The van der Waals surface area contributed by atoms with E-state index >= 15 is 0 Å². The SMILES string of the molecule is Fc1cccc(-c2cnc3cnn(Cc4cccnn4)c3c2)c1.O=C(O)C(F)(F)F. The molecule has 0 fully saturated rings. The van der Waals surface area contributed by atoms with Crippen LogP contribution in [0.3, 0.4) is 0 Å². The zero-order valence-corrected chi connectivity index (χ0v) is 15.1. The fourth-order valence-electron chi connectivity index (χ4n) is 2.48. The molecule has 0 radical (unpaired) electrons. The highest BCUT2D eigenvalue weighted by atomic mass is 19.4. The van der Waals surface area contributed by atoms with Gasteiger partial charge in [0.1, 0.15) is 11.3 Å². The number of hydrogen-bond donors (Lipinski definition) is 1. The van der Waals surface area contributed by atoms with Gasteiger partial charge in [-0.2, -0.15) is 28.5 Å². The van der Waals surface area contributed by atoms with E-state index in [4.69, 9.17) is 9.90 Å². The Kier molecular flexibility index (Phi) is 6.00. The van der Waals surface area contributed by atoms with E-state index in [1.807, 2.05) is 28.9 Å². The van der Waals surface area contributed by atoms with Gasteiger partial charge in [0.05, 0.1) is 24.0 Å². The molecular formula is C19H13F4N5O2. The smallest absolute Gasteiger partial charge is 0.475 e. The minimum Gasteiger partial charge on any atom is -0.475 e. The standard InChI is InChI=1S/C17H12FN5.C2HF3O2/c18-14-4-1-3-12(7-14)13-8-17-16(19-9-13)10-21-23(17)11-15-5-2-6-20-22-15;3-2(4,5)1(6)7/h1-10H,11H2;(H,6,7). The lowest BCUT2D eigenvalue weighted by Crippen LogP contribution is -2.21. The number of nitrogens with zero attached hydrogens (tertiary/aromatic N) is 5. The molecule has 7 nitrogen and oxygen atoms in total. The summed E-state index contributed by atoms with van der Waals surface area (Å²) in [6, 6.07) is 12.1. The summed E-state index contributed by atoms with van der Waals surface area (Å²) in [6.45, 7) is 0.506. The van der Waals surface area contributed by atoms with Crippen LogP contribution in [0.2, 0.25) is 0 Å². The lowest BCUT2D eigenvalue weighted by atomic mass is 10.1. The van der Waals surface area contributed by atoms with Gasteiger partial charge in [-0.3, -0.25) is 9.67 Å². The Morgan fingerprint density at radius 2 is 1.83 bits per heavy atom. The molecule has 3 heterocycles. The van der Waals surface area contributed by atoms with Gasteiger partial charge in [0.15, 0.2) is 0 Å². The third-order valence-corrected chi connectivity index (χ3v) is 3.83. The highest BCUT2D eigenvalue weighted by Gasteiger charge is 2.38. The van der Waals surface area contributed by atoms with Gasteiger partial charge in [0.25, 0.3) is 0 Å². The predicted molar refractivity (Wildman–Crippen MR) is 97.7 cm³/mol. The molecule has 0 spiro atoms. The summed E-state index contributed by atoms with van der Waals surface area (Å²) in [6.07, 6.45) is -0.0131. The average molecular weight is 419 g/mol. The van der Waals surface area contributed by atoms with Crippen molar-refractivity contribution < 1.29 is 27.5 Å². The Balaban J connectivity index is 0.000000318. The summed E-state index contributed by atoms with van der Waals surface area (Å²) in [4.78, 5) is 13.3. The van der Waals surface area contributed by atoms with Gasteiger partial charge < -0.3 is 5.11 Å². The van der Waals surface area contributed by atoms with Gasteiger partial charge in [0, 0.05) is 18.0 Å². The molecule has 1 aromatic carbocycles. The normalized spacial score (nSPS) is 11.1. The second-order valence-electron chi connectivity index (χ2n) is 5.96. The topological polar surface area (TPSA) is 93.8 Å². The molecule has 154 valence electrons. The quantitative estimate of drug-likeness (QED) is 0.509. The molecule has 3 aromatic heterocycles. The molecule has 4 rings (SSSR count). The summed E-state index contributed by atoms with van der Waals surface area (Å²) in [5.74, 6) is -3.02. The summed E-state index contributed by atoms with van der Waals surface area (Å²) in [5.41, 5.74) is 4.10. The maximum Gasteiger partial charge on any atom is 0.490 e. The summed E-state index contributed by atoms with van der Waals surface area (Å²) >= 11 is 0. The second-order valence-corrected chi connectivity index (χ2v) is 5.96. The number of carbonyl (C=O) groups is 1. The number of fused-ring (bicyclic) bond motifs is 1. The molecule has 0 saturated carbocycles. The van der Waals surface area contributed by atoms with Crippen molar-refractivity contribution in [3.63, 3.8) is 0 Å². The molecule has 30 heavy (non-hydrogen) atoms. The minimum atomic E-state index is -5.08. The Morgan fingerprint density at radius 3 is 2.47 bits per heavy atom. The largest absolute Gasteiger partial charge is 0.490 e. The fourth-order valence-corrected chi connectivity index (χ4v) is 2.48. The zero-order valence-electron chi connectivity index (χ0n) is 15.1. The number of carboxylic acids is 1. The molecular weight excluding hydrogens is 406 g/mol. The summed E-state index contributed by atoms with van der Waals surface area (Å²) in [5, 5.41) is 19.4. The van der Waals surface area contributed by atoms with Crippen LogP contribution in [0.4, 0.5) is 17.6 Å². The number of aromatic nitrogens is 5. The van der Waals surface area contributed by atoms with Crippen molar-refractivity contribution in [3.05, 3.63) is 72.6 Å². The van der Waals surface area contributed by atoms with E-state index in [2.05, 4.69) is 20.3 Å². The van der Waals surface area contributed by atoms with Crippen molar-refractivity contribution in [2.75, 3.05) is 0 Å². The van der Waals surface area contributed by atoms with Crippen LogP contribution >= 0.6 is 0 Å². The van der Waals surface area contributed by atoms with Gasteiger partial charge >= 0.3 is 12.1 Å². The zero-order chi connectivity index (χ0) is 21.7. The third kappa shape index (κ3) is 5.13. The molecule has 0 amide bonds. The van der Waals surface area contributed by atoms with E-state index in [1.54, 1.807) is 24.7 Å². The van der Waals surface area contributed by atoms with E-state index < -0.39 is 12.1 Å². The first kappa shape index (κ1) is 20.8. The fraction of sp³-hybridized carbons (Fsp3) is 0.105. The van der Waals surface area contributed by atoms with E-state index in [-0.39, 0.29) is 5.82 Å². The van der Waals surface area contributed by atoms with Gasteiger partial charge in [-0.15, -0.1) is 0 Å². The number of halogens is 4. The van der Waals surface area contributed by atoms with E-state index in [1.165, 1.54) is 12.1 Å². The van der Waals surface area contributed by atoms with Crippen molar-refractivity contribution in [2.45, 2.75) is 12.7 Å². The minimum absolute atomic E-state index is 0.268. The monoisotopic (exact) mass is 419 g/mol. The Hall–Kier alpha value is -3.89. The maximum absolute atomic E-state index is 13.4. The van der Waals surface area contributed by atoms with Crippen LogP contribution in [0.15, 0.2) is 61.1 Å². The molecule has 0 atom stereocenters. The van der Waals surface area contributed by atoms with Crippen molar-refractivity contribution >= 4 is 17.0 Å². The number of carboxylic acid groups (broad SMARTS) is 1. The Labute approximate surface area is 166 Å². The van der Waals surface area contributed by atoms with Crippen molar-refractivity contribution in [3.8, 4) is 11.1 Å². The Bertz CT molecular complexity index is 1160. The molecule has 0 aliphatic heterocycles. The highest BCUT2D eigenvalue weighted by Crippen LogP contribution is 2.23. The molecule has 1 N–H and O–H groups in total. The average Bonchev–Trinajstić information content (AvgIpc) is 3.10. The predicted octanol–water partition coefficient (Wildman–Crippen LogP) is 3.71. The van der Waals surface area contributed by atoms with Gasteiger partial charge in [-0.05, 0) is 35.9 Å². The van der Waals surface area contributed by atoms with Crippen LogP contribution in [-0.2, 0) is 11.3 Å². The summed E-state index contributed by atoms with van der Waals surface area (Å²) in [7, 11) is 0. The molecule has 0 saturated heterocycles. The molecule has 0 bridgehead atoms. The number of hydrogen-bond acceptors (Lipinski definition) is 5. The third-order valence-electron chi connectivity index (χ3n) is 3.83. The van der Waals surface area contributed by atoms with Crippen molar-refractivity contribution in [1.82, 2.24) is 25.0 Å². The van der Waals surface area contributed by atoms with Crippen molar-refractivity contribution in [2.24, 2.45) is 0 Å². The van der Waals surface area contributed by atoms with Crippen LogP contribution in [0.25, 0.3) is 22.2 Å². The maximum atomic E-state index is 13.4. The molecule has 4 aromatic rings. The van der Waals surface area contributed by atoms with E-state index in [0.717, 1.165) is 27.9 Å². The lowest BCUT2D eigenvalue weighted by Gasteiger charge is -2.05. The van der Waals surface area contributed by atoms with Crippen LogP contribution in [0.1, 0.15) is 5.69 Å². The number of pyridine rings is 1. The van der Waals surface area contributed by atoms with E-state index in [0.29, 0.717) is 6.54 Å². The number of rotatable bonds is 3. The Morgan fingerprint density at radius 1 is 1.07 bits per heavy atom. The van der Waals surface area contributed by atoms with Gasteiger partial charge in [-0.1, -0.05) is 12.1 Å². The molecule has 0 aliphatic rings.